The SMILES string of the molecule is CCCCOC1[C@H](O)C(COC(C)=O)O[C@@H](SC)[C@H]1N=[N+]=[N-]. The number of hydrogen-bond donors (Lipinski definition) is 1. The van der Waals surface area contributed by atoms with Crippen molar-refractivity contribution in [1.82, 2.24) is 0 Å². The largest absolute Gasteiger partial charge is 0.463 e. The van der Waals surface area contributed by atoms with Crippen molar-refractivity contribution in [3.05, 3.63) is 10.4 Å². The molecule has 126 valence electrons. The van der Waals surface area contributed by atoms with Crippen molar-refractivity contribution in [1.29, 1.82) is 0 Å². The standard InChI is InChI=1S/C13H23N3O5S/c1-4-5-6-19-12-10(15-16-14)13(22-3)21-9(11(12)18)7-20-8(2)17/h9-13,18H,4-7H2,1-3H3/t9?,10-,11+,12?,13-/m0/s1. The van der Waals surface area contributed by atoms with Gasteiger partial charge in [-0.25, -0.2) is 0 Å². The molecule has 1 heterocycles. The average molecular weight is 333 g/mol. The lowest BCUT2D eigenvalue weighted by molar-refractivity contribution is -0.189. The molecule has 1 saturated heterocycles. The van der Waals surface area contributed by atoms with Crippen LogP contribution in [-0.4, -0.2) is 60.3 Å². The summed E-state index contributed by atoms with van der Waals surface area (Å²) in [5.41, 5.74) is 8.27. The molecular weight excluding hydrogens is 310 g/mol. The lowest BCUT2D eigenvalue weighted by Crippen LogP contribution is -2.58. The van der Waals surface area contributed by atoms with Crippen molar-refractivity contribution in [3.63, 3.8) is 0 Å². The fraction of sp³-hybridized carbons (Fsp3) is 0.923. The highest BCUT2D eigenvalue weighted by Gasteiger charge is 2.45. The number of carbonyl (C=O) groups is 1. The van der Waals surface area contributed by atoms with E-state index in [1.165, 1.54) is 18.7 Å². The van der Waals surface area contributed by atoms with E-state index in [1.54, 1.807) is 0 Å². The minimum atomic E-state index is -1.03. The van der Waals surface area contributed by atoms with Gasteiger partial charge in [0.2, 0.25) is 0 Å². The summed E-state index contributed by atoms with van der Waals surface area (Å²) in [7, 11) is 0. The molecular formula is C13H23N3O5S. The highest BCUT2D eigenvalue weighted by Crippen LogP contribution is 2.31. The molecule has 0 aromatic rings. The third kappa shape index (κ3) is 5.33. The van der Waals surface area contributed by atoms with Gasteiger partial charge in [-0.2, -0.15) is 0 Å². The molecule has 1 N–H and O–H groups in total. The fourth-order valence-corrected chi connectivity index (χ4v) is 2.92. The Hall–Kier alpha value is -0.990. The van der Waals surface area contributed by atoms with Gasteiger partial charge in [0, 0.05) is 18.4 Å². The molecule has 1 aliphatic rings. The molecule has 0 aliphatic carbocycles. The van der Waals surface area contributed by atoms with Crippen LogP contribution in [0.1, 0.15) is 26.7 Å². The normalized spacial score (nSPS) is 31.4. The van der Waals surface area contributed by atoms with Crippen LogP contribution in [-0.2, 0) is 19.0 Å². The number of azide groups is 1. The van der Waals surface area contributed by atoms with Crippen molar-refractivity contribution in [2.24, 2.45) is 5.11 Å². The second-order valence-electron chi connectivity index (χ2n) is 4.96. The molecule has 9 heteroatoms. The van der Waals surface area contributed by atoms with Gasteiger partial charge in [-0.05, 0) is 18.2 Å². The van der Waals surface area contributed by atoms with Crippen LogP contribution in [0.5, 0.6) is 0 Å². The zero-order chi connectivity index (χ0) is 16.5. The third-order valence-corrected chi connectivity index (χ3v) is 4.17. The first-order valence-electron chi connectivity index (χ1n) is 7.20. The number of hydrogen-bond acceptors (Lipinski definition) is 7. The molecule has 0 bridgehead atoms. The first-order valence-corrected chi connectivity index (χ1v) is 8.49. The molecule has 0 saturated carbocycles. The number of thioether (sulfide) groups is 1. The Bertz CT molecular complexity index is 405. The van der Waals surface area contributed by atoms with Crippen molar-refractivity contribution in [3.8, 4) is 0 Å². The number of rotatable bonds is 8. The molecule has 22 heavy (non-hydrogen) atoms. The third-order valence-electron chi connectivity index (χ3n) is 3.32. The van der Waals surface area contributed by atoms with Gasteiger partial charge >= 0.3 is 5.97 Å². The zero-order valence-electron chi connectivity index (χ0n) is 13.0. The lowest BCUT2D eigenvalue weighted by atomic mass is 9.98. The van der Waals surface area contributed by atoms with E-state index < -0.39 is 35.8 Å². The summed E-state index contributed by atoms with van der Waals surface area (Å²) in [4.78, 5) is 13.8. The number of aliphatic hydroxyl groups excluding tert-OH is 1. The number of aliphatic hydroxyl groups is 1. The maximum Gasteiger partial charge on any atom is 0.302 e. The molecule has 5 atom stereocenters. The second-order valence-corrected chi connectivity index (χ2v) is 5.89. The summed E-state index contributed by atoms with van der Waals surface area (Å²) in [6.07, 6.45) is 1.18. The summed E-state index contributed by atoms with van der Waals surface area (Å²) in [6.45, 7) is 3.71. The van der Waals surface area contributed by atoms with Gasteiger partial charge in [0.25, 0.3) is 0 Å². The smallest absolute Gasteiger partial charge is 0.302 e. The van der Waals surface area contributed by atoms with Gasteiger partial charge in [-0.3, -0.25) is 4.79 Å². The van der Waals surface area contributed by atoms with Crippen LogP contribution in [0.4, 0.5) is 0 Å². The van der Waals surface area contributed by atoms with Crippen LogP contribution in [0, 0.1) is 0 Å². The van der Waals surface area contributed by atoms with E-state index in [2.05, 4.69) is 10.0 Å². The number of nitrogens with zero attached hydrogens (tertiary/aromatic N) is 3. The van der Waals surface area contributed by atoms with Crippen LogP contribution >= 0.6 is 11.8 Å². The lowest BCUT2D eigenvalue weighted by Gasteiger charge is -2.42. The van der Waals surface area contributed by atoms with Crippen molar-refractivity contribution < 1.29 is 24.1 Å². The molecule has 0 aromatic carbocycles. The van der Waals surface area contributed by atoms with Crippen molar-refractivity contribution in [2.45, 2.75) is 56.5 Å². The average Bonchev–Trinajstić information content (AvgIpc) is 2.49. The number of unbranched alkanes of at least 4 members (excludes halogenated alkanes) is 1. The second kappa shape index (κ2) is 9.91. The Morgan fingerprint density at radius 3 is 2.82 bits per heavy atom. The molecule has 2 unspecified atom stereocenters. The van der Waals surface area contributed by atoms with Crippen LogP contribution in [0.3, 0.4) is 0 Å². The molecule has 0 aromatic heterocycles. The molecule has 1 aliphatic heterocycles. The maximum absolute atomic E-state index is 10.9. The monoisotopic (exact) mass is 333 g/mol. The summed E-state index contributed by atoms with van der Waals surface area (Å²) < 4.78 is 16.3. The van der Waals surface area contributed by atoms with Gasteiger partial charge in [0.15, 0.2) is 0 Å². The maximum atomic E-state index is 10.9. The Morgan fingerprint density at radius 2 is 2.27 bits per heavy atom. The number of ether oxygens (including phenoxy) is 3. The topological polar surface area (TPSA) is 114 Å². The van der Waals surface area contributed by atoms with E-state index in [1.807, 2.05) is 13.2 Å². The molecule has 1 rings (SSSR count). The molecule has 0 spiro atoms. The van der Waals surface area contributed by atoms with E-state index in [4.69, 9.17) is 19.7 Å². The van der Waals surface area contributed by atoms with E-state index >= 15 is 0 Å². The molecule has 8 nitrogen and oxygen atoms in total. The molecule has 1 fully saturated rings. The fourth-order valence-electron chi connectivity index (χ4n) is 2.17. The first-order chi connectivity index (χ1) is 10.5. The van der Waals surface area contributed by atoms with Gasteiger partial charge in [0.05, 0.1) is 6.10 Å². The molecule has 0 radical (unpaired) electrons. The van der Waals surface area contributed by atoms with Crippen LogP contribution in [0.2, 0.25) is 0 Å². The minimum absolute atomic E-state index is 0.0653. The van der Waals surface area contributed by atoms with Gasteiger partial charge in [-0.1, -0.05) is 18.5 Å². The predicted molar refractivity (Wildman–Crippen MR) is 82.4 cm³/mol. The summed E-state index contributed by atoms with van der Waals surface area (Å²) in [6, 6.07) is -0.638. The minimum Gasteiger partial charge on any atom is -0.463 e. The van der Waals surface area contributed by atoms with Gasteiger partial charge in [-0.15, -0.1) is 11.8 Å². The van der Waals surface area contributed by atoms with Crippen LogP contribution in [0.15, 0.2) is 5.11 Å². The van der Waals surface area contributed by atoms with E-state index in [0.29, 0.717) is 6.61 Å². The van der Waals surface area contributed by atoms with Crippen molar-refractivity contribution in [2.75, 3.05) is 19.5 Å². The highest BCUT2D eigenvalue weighted by molar-refractivity contribution is 7.99. The van der Waals surface area contributed by atoms with Crippen LogP contribution in [0.25, 0.3) is 10.4 Å². The zero-order valence-corrected chi connectivity index (χ0v) is 13.9. The quantitative estimate of drug-likeness (QED) is 0.238. The number of carbonyl (C=O) groups excluding carboxylic acids is 1. The van der Waals surface area contributed by atoms with Gasteiger partial charge in [0.1, 0.15) is 30.3 Å². The Labute approximate surface area is 134 Å². The highest BCUT2D eigenvalue weighted by atomic mass is 32.2. The Morgan fingerprint density at radius 1 is 1.55 bits per heavy atom. The van der Waals surface area contributed by atoms with E-state index in [0.717, 1.165) is 12.8 Å². The van der Waals surface area contributed by atoms with E-state index in [-0.39, 0.29) is 6.61 Å². The van der Waals surface area contributed by atoms with E-state index in [9.17, 15) is 9.90 Å². The first kappa shape index (κ1) is 19.1. The summed E-state index contributed by atoms with van der Waals surface area (Å²) >= 11 is 1.36. The molecule has 0 amide bonds. The van der Waals surface area contributed by atoms with Crippen molar-refractivity contribution >= 4 is 17.7 Å². The number of esters is 1. The Balaban J connectivity index is 2.85. The summed E-state index contributed by atoms with van der Waals surface area (Å²) in [5, 5.41) is 14.1. The Kier molecular flexibility index (Phi) is 8.59. The van der Waals surface area contributed by atoms with Gasteiger partial charge < -0.3 is 19.3 Å². The predicted octanol–water partition coefficient (Wildman–Crippen LogP) is 1.86. The summed E-state index contributed by atoms with van der Waals surface area (Å²) in [5.74, 6) is -0.447. The van der Waals surface area contributed by atoms with Crippen LogP contribution < -0.4 is 0 Å².